The Hall–Kier alpha value is -2.07. The van der Waals surface area contributed by atoms with Gasteiger partial charge in [0.1, 0.15) is 0 Å². The number of benzene rings is 1. The van der Waals surface area contributed by atoms with Crippen LogP contribution in [0.3, 0.4) is 0 Å². The highest BCUT2D eigenvalue weighted by molar-refractivity contribution is 5.50. The summed E-state index contributed by atoms with van der Waals surface area (Å²) in [6.45, 7) is 6.84. The van der Waals surface area contributed by atoms with Gasteiger partial charge in [-0.05, 0) is 31.4 Å². The fourth-order valence-electron chi connectivity index (χ4n) is 3.67. The molecule has 1 aromatic carbocycles. The number of aliphatic hydroxyl groups excluding tert-OH is 1. The van der Waals surface area contributed by atoms with Crippen LogP contribution in [0.5, 0.6) is 0 Å². The number of aliphatic hydroxyl groups is 1. The lowest BCUT2D eigenvalue weighted by Gasteiger charge is -2.26. The standard InChI is InChI=1S/C20H26N2O2/c1-16-13-18(14-19(24)22(16)10-6-12-23)21-11-9-20(2,15-21)17-7-4-3-5-8-17/h3-5,7-8,13-14,23H,6,9-12,15H2,1-2H3. The van der Waals surface area contributed by atoms with Crippen molar-refractivity contribution in [2.45, 2.75) is 38.6 Å². The summed E-state index contributed by atoms with van der Waals surface area (Å²) in [5, 5.41) is 8.98. The average molecular weight is 326 g/mol. The second-order valence-electron chi connectivity index (χ2n) is 7.02. The van der Waals surface area contributed by atoms with Crippen molar-refractivity contribution in [2.24, 2.45) is 0 Å². The Labute approximate surface area is 143 Å². The molecule has 1 aliphatic rings. The summed E-state index contributed by atoms with van der Waals surface area (Å²) in [6.07, 6.45) is 1.69. The molecule has 1 N–H and O–H groups in total. The van der Waals surface area contributed by atoms with E-state index >= 15 is 0 Å². The molecule has 1 atom stereocenters. The van der Waals surface area contributed by atoms with Crippen LogP contribution in [-0.4, -0.2) is 29.4 Å². The first kappa shape index (κ1) is 16.8. The van der Waals surface area contributed by atoms with E-state index in [0.717, 1.165) is 30.9 Å². The molecule has 1 aromatic heterocycles. The van der Waals surface area contributed by atoms with Crippen molar-refractivity contribution in [1.82, 2.24) is 4.57 Å². The van der Waals surface area contributed by atoms with Crippen molar-refractivity contribution < 1.29 is 5.11 Å². The van der Waals surface area contributed by atoms with Crippen molar-refractivity contribution in [3.63, 3.8) is 0 Å². The predicted octanol–water partition coefficient (Wildman–Crippen LogP) is 2.71. The third-order valence-corrected chi connectivity index (χ3v) is 5.17. The van der Waals surface area contributed by atoms with Crippen molar-refractivity contribution in [3.8, 4) is 0 Å². The molecule has 2 aromatic rings. The van der Waals surface area contributed by atoms with Crippen molar-refractivity contribution in [3.05, 3.63) is 64.1 Å². The van der Waals surface area contributed by atoms with Gasteiger partial charge in [0.2, 0.25) is 0 Å². The molecule has 4 heteroatoms. The highest BCUT2D eigenvalue weighted by Gasteiger charge is 2.35. The minimum absolute atomic E-state index is 0.0202. The maximum Gasteiger partial charge on any atom is 0.252 e. The SMILES string of the molecule is Cc1cc(N2CCC(C)(c3ccccc3)C2)cc(=O)n1CCCO. The van der Waals surface area contributed by atoms with Gasteiger partial charge in [0, 0.05) is 49.1 Å². The molecule has 128 valence electrons. The highest BCUT2D eigenvalue weighted by atomic mass is 16.3. The van der Waals surface area contributed by atoms with Crippen molar-refractivity contribution >= 4 is 5.69 Å². The van der Waals surface area contributed by atoms with E-state index in [1.54, 1.807) is 10.6 Å². The van der Waals surface area contributed by atoms with E-state index in [1.807, 2.05) is 6.92 Å². The van der Waals surface area contributed by atoms with Crippen LogP contribution in [0, 0.1) is 6.92 Å². The predicted molar refractivity (Wildman–Crippen MR) is 97.8 cm³/mol. The molecule has 2 heterocycles. The average Bonchev–Trinajstić information content (AvgIpc) is 2.99. The third kappa shape index (κ3) is 3.24. The van der Waals surface area contributed by atoms with Gasteiger partial charge in [-0.25, -0.2) is 0 Å². The molecule has 24 heavy (non-hydrogen) atoms. The molecule has 0 saturated carbocycles. The summed E-state index contributed by atoms with van der Waals surface area (Å²) in [7, 11) is 0. The molecular formula is C20H26N2O2. The first-order valence-corrected chi connectivity index (χ1v) is 8.66. The van der Waals surface area contributed by atoms with E-state index in [1.165, 1.54) is 5.56 Å². The maximum atomic E-state index is 12.4. The summed E-state index contributed by atoms with van der Waals surface area (Å²) in [6, 6.07) is 14.5. The van der Waals surface area contributed by atoms with Crippen LogP contribution >= 0.6 is 0 Å². The first-order valence-electron chi connectivity index (χ1n) is 8.66. The molecular weight excluding hydrogens is 300 g/mol. The topological polar surface area (TPSA) is 45.5 Å². The molecule has 0 amide bonds. The summed E-state index contributed by atoms with van der Waals surface area (Å²) in [5.41, 5.74) is 3.48. The number of pyridine rings is 1. The number of hydrogen-bond donors (Lipinski definition) is 1. The molecule has 1 unspecified atom stereocenters. The zero-order chi connectivity index (χ0) is 17.2. The fourth-order valence-corrected chi connectivity index (χ4v) is 3.67. The van der Waals surface area contributed by atoms with Crippen molar-refractivity contribution in [1.29, 1.82) is 0 Å². The molecule has 0 bridgehead atoms. The van der Waals surface area contributed by atoms with Gasteiger partial charge in [-0.2, -0.15) is 0 Å². The minimum atomic E-state index is 0.0202. The van der Waals surface area contributed by atoms with E-state index in [9.17, 15) is 4.79 Å². The van der Waals surface area contributed by atoms with Gasteiger partial charge in [-0.15, -0.1) is 0 Å². The number of rotatable bonds is 5. The number of nitrogens with zero attached hydrogens (tertiary/aromatic N) is 2. The second kappa shape index (κ2) is 6.81. The zero-order valence-corrected chi connectivity index (χ0v) is 14.5. The van der Waals surface area contributed by atoms with E-state index < -0.39 is 0 Å². The maximum absolute atomic E-state index is 12.4. The Morgan fingerprint density at radius 1 is 1.21 bits per heavy atom. The zero-order valence-electron chi connectivity index (χ0n) is 14.5. The van der Waals surface area contributed by atoms with Gasteiger partial charge in [0.25, 0.3) is 5.56 Å². The van der Waals surface area contributed by atoms with Crippen LogP contribution in [0.2, 0.25) is 0 Å². The third-order valence-electron chi connectivity index (χ3n) is 5.17. The van der Waals surface area contributed by atoms with Crippen LogP contribution in [0.4, 0.5) is 5.69 Å². The number of hydrogen-bond acceptors (Lipinski definition) is 3. The highest BCUT2D eigenvalue weighted by Crippen LogP contribution is 2.36. The van der Waals surface area contributed by atoms with Gasteiger partial charge in [0.05, 0.1) is 0 Å². The molecule has 1 saturated heterocycles. The van der Waals surface area contributed by atoms with Gasteiger partial charge in [-0.1, -0.05) is 37.3 Å². The molecule has 0 aliphatic carbocycles. The summed E-state index contributed by atoms with van der Waals surface area (Å²) in [4.78, 5) is 14.7. The lowest BCUT2D eigenvalue weighted by Crippen LogP contribution is -2.30. The van der Waals surface area contributed by atoms with E-state index in [4.69, 9.17) is 5.11 Å². The van der Waals surface area contributed by atoms with Gasteiger partial charge >= 0.3 is 0 Å². The Balaban J connectivity index is 1.83. The lowest BCUT2D eigenvalue weighted by molar-refractivity contribution is 0.278. The van der Waals surface area contributed by atoms with E-state index in [2.05, 4.69) is 48.2 Å². The minimum Gasteiger partial charge on any atom is -0.396 e. The van der Waals surface area contributed by atoms with Gasteiger partial charge in [0.15, 0.2) is 0 Å². The largest absolute Gasteiger partial charge is 0.396 e. The van der Waals surface area contributed by atoms with Crippen LogP contribution in [-0.2, 0) is 12.0 Å². The quantitative estimate of drug-likeness (QED) is 0.919. The number of aromatic nitrogens is 1. The van der Waals surface area contributed by atoms with E-state index in [0.29, 0.717) is 13.0 Å². The summed E-state index contributed by atoms with van der Waals surface area (Å²) in [5.74, 6) is 0. The molecule has 4 nitrogen and oxygen atoms in total. The summed E-state index contributed by atoms with van der Waals surface area (Å²) >= 11 is 0. The molecule has 0 spiro atoms. The van der Waals surface area contributed by atoms with Crippen LogP contribution in [0.25, 0.3) is 0 Å². The normalized spacial score (nSPS) is 20.5. The first-order chi connectivity index (χ1) is 11.5. The Kier molecular flexibility index (Phi) is 4.76. The fraction of sp³-hybridized carbons (Fsp3) is 0.450. The van der Waals surface area contributed by atoms with Crippen LogP contribution < -0.4 is 10.5 Å². The Bertz CT molecular complexity index is 754. The number of aryl methyl sites for hydroxylation is 1. The molecule has 3 rings (SSSR count). The molecule has 1 aliphatic heterocycles. The number of anilines is 1. The monoisotopic (exact) mass is 326 g/mol. The van der Waals surface area contributed by atoms with Crippen LogP contribution in [0.1, 0.15) is 31.0 Å². The Morgan fingerprint density at radius 3 is 2.62 bits per heavy atom. The van der Waals surface area contributed by atoms with Gasteiger partial charge in [-0.3, -0.25) is 4.79 Å². The Morgan fingerprint density at radius 2 is 1.96 bits per heavy atom. The molecule has 0 radical (unpaired) electrons. The van der Waals surface area contributed by atoms with E-state index in [-0.39, 0.29) is 17.6 Å². The lowest BCUT2D eigenvalue weighted by atomic mass is 9.82. The smallest absolute Gasteiger partial charge is 0.252 e. The van der Waals surface area contributed by atoms with Crippen LogP contribution in [0.15, 0.2) is 47.3 Å². The molecule has 1 fully saturated rings. The van der Waals surface area contributed by atoms with Crippen molar-refractivity contribution in [2.75, 3.05) is 24.6 Å². The summed E-state index contributed by atoms with van der Waals surface area (Å²) < 4.78 is 1.74. The van der Waals surface area contributed by atoms with Gasteiger partial charge < -0.3 is 14.6 Å². The second-order valence-corrected chi connectivity index (χ2v) is 7.02.